The van der Waals surface area contributed by atoms with Crippen LogP contribution in [0.5, 0.6) is 5.75 Å². The summed E-state index contributed by atoms with van der Waals surface area (Å²) >= 11 is 0. The molecule has 0 amide bonds. The number of allylic oxidation sites excluding steroid dienone is 1. The van der Waals surface area contributed by atoms with E-state index in [1.54, 1.807) is 12.4 Å². The second-order valence-corrected chi connectivity index (χ2v) is 8.27. The van der Waals surface area contributed by atoms with Gasteiger partial charge in [-0.1, -0.05) is 37.3 Å². The number of aromatic nitrogens is 3. The summed E-state index contributed by atoms with van der Waals surface area (Å²) in [5.41, 5.74) is 6.40. The van der Waals surface area contributed by atoms with Crippen LogP contribution in [0.2, 0.25) is 0 Å². The number of pyridine rings is 1. The van der Waals surface area contributed by atoms with Crippen molar-refractivity contribution in [3.05, 3.63) is 108 Å². The van der Waals surface area contributed by atoms with Gasteiger partial charge in [0.15, 0.2) is 0 Å². The smallest absolute Gasteiger partial charge is 0.146 e. The van der Waals surface area contributed by atoms with Crippen molar-refractivity contribution in [2.24, 2.45) is 12.0 Å². The second kappa shape index (κ2) is 11.3. The lowest BCUT2D eigenvalue weighted by Gasteiger charge is -2.16. The van der Waals surface area contributed by atoms with Gasteiger partial charge in [-0.2, -0.15) is 0 Å². The Labute approximate surface area is 207 Å². The molecule has 0 aliphatic heterocycles. The van der Waals surface area contributed by atoms with Crippen molar-refractivity contribution >= 4 is 11.5 Å². The van der Waals surface area contributed by atoms with Crippen LogP contribution in [0.3, 0.4) is 0 Å². The van der Waals surface area contributed by atoms with Crippen LogP contribution in [0.25, 0.3) is 16.8 Å². The zero-order valence-electron chi connectivity index (χ0n) is 20.7. The predicted octanol–water partition coefficient (Wildman–Crippen LogP) is 5.79. The lowest BCUT2D eigenvalue weighted by Crippen LogP contribution is -2.24. The fourth-order valence-electron chi connectivity index (χ4n) is 3.84. The third-order valence-electron chi connectivity index (χ3n) is 5.81. The normalized spacial score (nSPS) is 12.0. The molecule has 178 valence electrons. The van der Waals surface area contributed by atoms with Crippen molar-refractivity contribution in [3.8, 4) is 16.9 Å². The Hall–Kier alpha value is -4.19. The first-order valence-electron chi connectivity index (χ1n) is 11.7. The van der Waals surface area contributed by atoms with Gasteiger partial charge in [-0.3, -0.25) is 9.98 Å². The Bertz CT molecular complexity index is 1340. The lowest BCUT2D eigenvalue weighted by atomic mass is 9.98. The van der Waals surface area contributed by atoms with Gasteiger partial charge in [0, 0.05) is 55.7 Å². The summed E-state index contributed by atoms with van der Waals surface area (Å²) in [5, 5.41) is 3.55. The Morgan fingerprint density at radius 1 is 1.09 bits per heavy atom. The average Bonchev–Trinajstić information content (AvgIpc) is 3.31. The minimum Gasteiger partial charge on any atom is -0.486 e. The molecule has 0 fully saturated rings. The molecule has 0 saturated carbocycles. The quantitative estimate of drug-likeness (QED) is 0.264. The largest absolute Gasteiger partial charge is 0.486 e. The van der Waals surface area contributed by atoms with Crippen LogP contribution >= 0.6 is 0 Å². The fraction of sp³-hybridized carbons (Fsp3) is 0.207. The summed E-state index contributed by atoms with van der Waals surface area (Å²) in [6.07, 6.45) is 10.4. The van der Waals surface area contributed by atoms with Crippen molar-refractivity contribution in [2.75, 3.05) is 7.05 Å². The van der Waals surface area contributed by atoms with Crippen molar-refractivity contribution in [1.82, 2.24) is 19.9 Å². The third kappa shape index (κ3) is 5.84. The molecule has 2 heterocycles. The lowest BCUT2D eigenvalue weighted by molar-refractivity contribution is 0.292. The van der Waals surface area contributed by atoms with E-state index in [2.05, 4.69) is 76.6 Å². The van der Waals surface area contributed by atoms with Gasteiger partial charge in [-0.15, -0.1) is 0 Å². The van der Waals surface area contributed by atoms with E-state index < -0.39 is 0 Å². The molecule has 35 heavy (non-hydrogen) atoms. The zero-order valence-corrected chi connectivity index (χ0v) is 20.7. The number of hydrogen-bond donors (Lipinski definition) is 1. The van der Waals surface area contributed by atoms with Crippen LogP contribution in [0.1, 0.15) is 35.9 Å². The number of benzene rings is 2. The molecule has 0 radical (unpaired) electrons. The van der Waals surface area contributed by atoms with Gasteiger partial charge in [-0.05, 0) is 60.4 Å². The van der Waals surface area contributed by atoms with Crippen LogP contribution in [-0.4, -0.2) is 27.4 Å². The molecule has 2 aromatic carbocycles. The molecule has 1 N–H and O–H groups in total. The topological polar surface area (TPSA) is 64.3 Å². The summed E-state index contributed by atoms with van der Waals surface area (Å²) in [6.45, 7) is 4.64. The third-order valence-corrected chi connectivity index (χ3v) is 5.81. The number of rotatable bonds is 8. The van der Waals surface area contributed by atoms with Gasteiger partial charge in [0.05, 0.1) is 0 Å². The molecular weight excluding hydrogens is 434 g/mol. The monoisotopic (exact) mass is 465 g/mol. The predicted molar refractivity (Wildman–Crippen MR) is 142 cm³/mol. The highest BCUT2D eigenvalue weighted by Gasteiger charge is 2.12. The van der Waals surface area contributed by atoms with Gasteiger partial charge in [0.25, 0.3) is 0 Å². The van der Waals surface area contributed by atoms with E-state index in [1.807, 2.05) is 49.3 Å². The molecule has 0 bridgehead atoms. The molecule has 0 spiro atoms. The number of aliphatic imine (C=N–C) groups is 1. The number of ether oxygens (including phenoxy) is 1. The number of aryl methyl sites for hydroxylation is 2. The van der Waals surface area contributed by atoms with Crippen molar-refractivity contribution < 1.29 is 4.74 Å². The van der Waals surface area contributed by atoms with E-state index in [4.69, 9.17) is 4.74 Å². The van der Waals surface area contributed by atoms with Gasteiger partial charge < -0.3 is 14.6 Å². The number of imidazole rings is 1. The molecule has 0 atom stereocenters. The van der Waals surface area contributed by atoms with Crippen LogP contribution < -0.4 is 10.1 Å². The minimum absolute atomic E-state index is 0.420. The first-order chi connectivity index (χ1) is 17.1. The van der Waals surface area contributed by atoms with Crippen molar-refractivity contribution in [2.45, 2.75) is 26.9 Å². The summed E-state index contributed by atoms with van der Waals surface area (Å²) in [5.74, 6) is 2.50. The molecule has 4 aromatic rings. The molecule has 0 unspecified atom stereocenters. The molecule has 0 aliphatic carbocycles. The molecular formula is C29H31N5O. The van der Waals surface area contributed by atoms with Gasteiger partial charge in [-0.25, -0.2) is 4.98 Å². The summed E-state index contributed by atoms with van der Waals surface area (Å²) < 4.78 is 7.97. The number of nitrogens with zero attached hydrogens (tertiary/aromatic N) is 4. The maximum Gasteiger partial charge on any atom is 0.146 e. The SMILES string of the molecule is CC/C=C(\NC(=NC)c1cc(-c2cccc(OCc3nccn3C)c2)ccc1C)c1cccnc1. The average molecular weight is 466 g/mol. The Morgan fingerprint density at radius 3 is 2.66 bits per heavy atom. The molecule has 6 nitrogen and oxygen atoms in total. The van der Waals surface area contributed by atoms with Crippen LogP contribution in [0, 0.1) is 6.92 Å². The number of amidine groups is 1. The number of hydrogen-bond acceptors (Lipinski definition) is 4. The van der Waals surface area contributed by atoms with Crippen LogP contribution in [0.4, 0.5) is 0 Å². The van der Waals surface area contributed by atoms with Crippen molar-refractivity contribution in [3.63, 3.8) is 0 Å². The summed E-state index contributed by atoms with van der Waals surface area (Å²) in [4.78, 5) is 13.2. The highest BCUT2D eigenvalue weighted by atomic mass is 16.5. The van der Waals surface area contributed by atoms with Gasteiger partial charge >= 0.3 is 0 Å². The fourth-order valence-corrected chi connectivity index (χ4v) is 3.84. The second-order valence-electron chi connectivity index (χ2n) is 8.27. The first-order valence-corrected chi connectivity index (χ1v) is 11.7. The van der Waals surface area contributed by atoms with Gasteiger partial charge in [0.1, 0.15) is 24.0 Å². The Morgan fingerprint density at radius 2 is 1.94 bits per heavy atom. The molecule has 2 aromatic heterocycles. The number of nitrogens with one attached hydrogen (secondary N) is 1. The summed E-state index contributed by atoms with van der Waals surface area (Å²) in [7, 11) is 3.78. The highest BCUT2D eigenvalue weighted by Crippen LogP contribution is 2.27. The van der Waals surface area contributed by atoms with Gasteiger partial charge in [0.2, 0.25) is 0 Å². The highest BCUT2D eigenvalue weighted by molar-refractivity contribution is 6.05. The van der Waals surface area contributed by atoms with Crippen molar-refractivity contribution in [1.29, 1.82) is 0 Å². The standard InChI is InChI=1S/C29H31N5O/c1-5-8-27(24-10-7-14-31-19-24)33-29(30-3)26-18-23(13-12-21(26)2)22-9-6-11-25(17-22)35-20-28-32-15-16-34(28)4/h6-19H,5,20H2,1-4H3,(H,30,33)/b27-8-. The summed E-state index contributed by atoms with van der Waals surface area (Å²) in [6, 6.07) is 18.6. The Balaban J connectivity index is 1.59. The van der Waals surface area contributed by atoms with E-state index in [0.29, 0.717) is 6.61 Å². The molecule has 0 saturated heterocycles. The zero-order chi connectivity index (χ0) is 24.6. The molecule has 4 rings (SSSR count). The Kier molecular flexibility index (Phi) is 7.73. The first kappa shape index (κ1) is 24.0. The van der Waals surface area contributed by atoms with Crippen LogP contribution in [0.15, 0.2) is 90.5 Å². The van der Waals surface area contributed by atoms with E-state index in [9.17, 15) is 0 Å². The molecule has 0 aliphatic rings. The van der Waals surface area contributed by atoms with E-state index in [1.165, 1.54) is 0 Å². The molecule has 6 heteroatoms. The minimum atomic E-state index is 0.420. The maximum absolute atomic E-state index is 6.01. The van der Waals surface area contributed by atoms with Crippen LogP contribution in [-0.2, 0) is 13.7 Å². The van der Waals surface area contributed by atoms with E-state index >= 15 is 0 Å². The van der Waals surface area contributed by atoms with E-state index in [0.717, 1.165) is 57.3 Å². The maximum atomic E-state index is 6.01. The van der Waals surface area contributed by atoms with E-state index in [-0.39, 0.29) is 0 Å².